The van der Waals surface area contributed by atoms with Gasteiger partial charge in [-0.05, 0) is 43.3 Å². The largest absolute Gasteiger partial charge is 0.325 e. The maximum absolute atomic E-state index is 13.1. The zero-order valence-corrected chi connectivity index (χ0v) is 16.7. The Hall–Kier alpha value is -2.29. The maximum atomic E-state index is 13.1. The molecule has 0 atom stereocenters. The van der Waals surface area contributed by atoms with E-state index < -0.39 is 10.0 Å². The number of amides is 1. The lowest BCUT2D eigenvalue weighted by molar-refractivity contribution is -0.895. The van der Waals surface area contributed by atoms with Crippen LogP contribution in [-0.4, -0.2) is 57.9 Å². The number of hydrogen-bond donors (Lipinski definition) is 1. The Labute approximate surface area is 165 Å². The van der Waals surface area contributed by atoms with E-state index in [1.807, 2.05) is 6.92 Å². The molecule has 1 aliphatic rings. The van der Waals surface area contributed by atoms with E-state index in [9.17, 15) is 17.6 Å². The van der Waals surface area contributed by atoms with Gasteiger partial charge in [0.25, 0.3) is 5.91 Å². The SMILES string of the molecule is CCN(C(=O)C[NH+]1CCN(S(=O)(=O)c2ccccc2)CC1)c1ccc(F)cc1. The molecule has 1 amide bonds. The van der Waals surface area contributed by atoms with E-state index in [-0.39, 0.29) is 18.3 Å². The van der Waals surface area contributed by atoms with Crippen molar-refractivity contribution in [1.82, 2.24) is 4.31 Å². The standard InChI is InChI=1S/C20H24FN3O3S/c1-2-24(18-10-8-17(21)9-11-18)20(25)16-22-12-14-23(15-13-22)28(26,27)19-6-4-3-5-7-19/h3-11H,2,12-16H2,1H3/p+1. The van der Waals surface area contributed by atoms with Crippen LogP contribution in [0.3, 0.4) is 0 Å². The Morgan fingerprint density at radius 1 is 1.07 bits per heavy atom. The van der Waals surface area contributed by atoms with E-state index in [2.05, 4.69) is 0 Å². The number of nitrogens with zero attached hydrogens (tertiary/aromatic N) is 2. The molecule has 0 radical (unpaired) electrons. The topological polar surface area (TPSA) is 62.1 Å². The zero-order valence-electron chi connectivity index (χ0n) is 15.8. The predicted molar refractivity (Wildman–Crippen MR) is 105 cm³/mol. The van der Waals surface area contributed by atoms with Crippen molar-refractivity contribution in [3.05, 3.63) is 60.4 Å². The number of piperazine rings is 1. The minimum atomic E-state index is -3.49. The van der Waals surface area contributed by atoms with Crippen LogP contribution in [-0.2, 0) is 14.8 Å². The number of sulfonamides is 1. The van der Waals surface area contributed by atoms with E-state index in [0.29, 0.717) is 43.3 Å². The van der Waals surface area contributed by atoms with Crippen LogP contribution in [0.25, 0.3) is 0 Å². The van der Waals surface area contributed by atoms with Crippen molar-refractivity contribution in [2.45, 2.75) is 11.8 Å². The fourth-order valence-electron chi connectivity index (χ4n) is 3.39. The van der Waals surface area contributed by atoms with Crippen molar-refractivity contribution < 1.29 is 22.5 Å². The Balaban J connectivity index is 1.59. The highest BCUT2D eigenvalue weighted by Gasteiger charge is 2.31. The monoisotopic (exact) mass is 406 g/mol. The molecule has 0 aromatic heterocycles. The number of carbonyl (C=O) groups is 1. The first kappa shape index (κ1) is 20.4. The Morgan fingerprint density at radius 2 is 1.68 bits per heavy atom. The third kappa shape index (κ3) is 4.57. The zero-order chi connectivity index (χ0) is 20.1. The second kappa shape index (κ2) is 8.81. The first-order valence-electron chi connectivity index (χ1n) is 9.36. The summed E-state index contributed by atoms with van der Waals surface area (Å²) < 4.78 is 40.0. The molecule has 0 saturated carbocycles. The van der Waals surface area contributed by atoms with Crippen LogP contribution < -0.4 is 9.80 Å². The lowest BCUT2D eigenvalue weighted by Crippen LogP contribution is -3.15. The van der Waals surface area contributed by atoms with Crippen molar-refractivity contribution in [1.29, 1.82) is 0 Å². The van der Waals surface area contributed by atoms with E-state index >= 15 is 0 Å². The summed E-state index contributed by atoms with van der Waals surface area (Å²) >= 11 is 0. The number of likely N-dealkylation sites (N-methyl/N-ethyl adjacent to an activating group) is 1. The van der Waals surface area contributed by atoms with Gasteiger partial charge in [-0.15, -0.1) is 0 Å². The van der Waals surface area contributed by atoms with Crippen LogP contribution in [0, 0.1) is 5.82 Å². The Kier molecular flexibility index (Phi) is 6.43. The molecule has 6 nitrogen and oxygen atoms in total. The summed E-state index contributed by atoms with van der Waals surface area (Å²) in [6.45, 7) is 4.54. The highest BCUT2D eigenvalue weighted by molar-refractivity contribution is 7.89. The van der Waals surface area contributed by atoms with Gasteiger partial charge in [-0.3, -0.25) is 4.79 Å². The first-order chi connectivity index (χ1) is 13.4. The third-order valence-electron chi connectivity index (χ3n) is 4.97. The van der Waals surface area contributed by atoms with Crippen molar-refractivity contribution in [2.24, 2.45) is 0 Å². The molecular weight excluding hydrogens is 381 g/mol. The van der Waals surface area contributed by atoms with Crippen LogP contribution >= 0.6 is 0 Å². The number of rotatable bonds is 6. The predicted octanol–water partition coefficient (Wildman–Crippen LogP) is 0.768. The molecule has 0 unspecified atom stereocenters. The van der Waals surface area contributed by atoms with Gasteiger partial charge in [-0.25, -0.2) is 12.8 Å². The summed E-state index contributed by atoms with van der Waals surface area (Å²) in [6, 6.07) is 14.3. The van der Waals surface area contributed by atoms with E-state index in [1.165, 1.54) is 16.4 Å². The summed E-state index contributed by atoms with van der Waals surface area (Å²) in [5.41, 5.74) is 0.665. The highest BCUT2D eigenvalue weighted by atomic mass is 32.2. The first-order valence-corrected chi connectivity index (χ1v) is 10.8. The Morgan fingerprint density at radius 3 is 2.25 bits per heavy atom. The molecule has 0 bridgehead atoms. The molecule has 0 spiro atoms. The second-order valence-electron chi connectivity index (χ2n) is 6.76. The van der Waals surface area contributed by atoms with Gasteiger partial charge in [-0.1, -0.05) is 18.2 Å². The van der Waals surface area contributed by atoms with Gasteiger partial charge < -0.3 is 9.80 Å². The van der Waals surface area contributed by atoms with Crippen molar-refractivity contribution in [3.63, 3.8) is 0 Å². The molecular formula is C20H25FN3O3S+. The van der Waals surface area contributed by atoms with Crippen LogP contribution in [0.1, 0.15) is 6.92 Å². The van der Waals surface area contributed by atoms with Crippen LogP contribution in [0.5, 0.6) is 0 Å². The number of hydrogen-bond acceptors (Lipinski definition) is 3. The summed E-state index contributed by atoms with van der Waals surface area (Å²) in [6.07, 6.45) is 0. The van der Waals surface area contributed by atoms with Gasteiger partial charge in [0.1, 0.15) is 5.82 Å². The second-order valence-corrected chi connectivity index (χ2v) is 8.70. The van der Waals surface area contributed by atoms with E-state index in [4.69, 9.17) is 0 Å². The van der Waals surface area contributed by atoms with Gasteiger partial charge >= 0.3 is 0 Å². The fraction of sp³-hybridized carbons (Fsp3) is 0.350. The lowest BCUT2D eigenvalue weighted by Gasteiger charge is -2.32. The number of halogens is 1. The smallest absolute Gasteiger partial charge is 0.282 e. The molecule has 1 heterocycles. The quantitative estimate of drug-likeness (QED) is 0.771. The molecule has 150 valence electrons. The van der Waals surface area contributed by atoms with Gasteiger partial charge in [0.15, 0.2) is 6.54 Å². The molecule has 2 aromatic carbocycles. The number of quaternary nitrogens is 1. The minimum absolute atomic E-state index is 0.0523. The summed E-state index contributed by atoms with van der Waals surface area (Å²) in [4.78, 5) is 15.7. The van der Waals surface area contributed by atoms with Crippen LogP contribution in [0.15, 0.2) is 59.5 Å². The highest BCUT2D eigenvalue weighted by Crippen LogP contribution is 2.16. The summed E-state index contributed by atoms with van der Waals surface area (Å²) in [5.74, 6) is -0.392. The van der Waals surface area contributed by atoms with E-state index in [1.54, 1.807) is 47.4 Å². The average Bonchev–Trinajstić information content (AvgIpc) is 2.71. The third-order valence-corrected chi connectivity index (χ3v) is 6.88. The van der Waals surface area contributed by atoms with Crippen LogP contribution in [0.2, 0.25) is 0 Å². The van der Waals surface area contributed by atoms with Gasteiger partial charge in [0.2, 0.25) is 10.0 Å². The number of carbonyl (C=O) groups excluding carboxylic acids is 1. The molecule has 8 heteroatoms. The average molecular weight is 407 g/mol. The molecule has 1 aliphatic heterocycles. The van der Waals surface area contributed by atoms with Crippen LogP contribution in [0.4, 0.5) is 10.1 Å². The molecule has 1 saturated heterocycles. The molecule has 1 N–H and O–H groups in total. The Bertz CT molecular complexity index is 896. The minimum Gasteiger partial charge on any atom is -0.325 e. The number of nitrogens with one attached hydrogen (secondary N) is 1. The van der Waals surface area contributed by atoms with Crippen molar-refractivity contribution in [3.8, 4) is 0 Å². The van der Waals surface area contributed by atoms with Gasteiger partial charge in [-0.2, -0.15) is 4.31 Å². The normalized spacial score (nSPS) is 16.1. The lowest BCUT2D eigenvalue weighted by atomic mass is 10.2. The molecule has 0 aliphatic carbocycles. The van der Waals surface area contributed by atoms with Gasteiger partial charge in [0.05, 0.1) is 31.1 Å². The summed E-state index contributed by atoms with van der Waals surface area (Å²) in [7, 11) is -3.49. The fourth-order valence-corrected chi connectivity index (χ4v) is 4.86. The molecule has 1 fully saturated rings. The van der Waals surface area contributed by atoms with E-state index in [0.717, 1.165) is 4.90 Å². The van der Waals surface area contributed by atoms with Gasteiger partial charge in [0, 0.05) is 12.2 Å². The van der Waals surface area contributed by atoms with Crippen molar-refractivity contribution in [2.75, 3.05) is 44.2 Å². The summed E-state index contributed by atoms with van der Waals surface area (Å²) in [5, 5.41) is 0. The molecule has 3 rings (SSSR count). The number of anilines is 1. The van der Waals surface area contributed by atoms with Crippen molar-refractivity contribution >= 4 is 21.6 Å². The number of benzene rings is 2. The maximum Gasteiger partial charge on any atom is 0.282 e. The molecule has 2 aromatic rings. The molecule has 28 heavy (non-hydrogen) atoms.